The second-order valence-corrected chi connectivity index (χ2v) is 6.30. The number of rotatable bonds is 7. The molecule has 0 saturated carbocycles. The monoisotopic (exact) mass is 340 g/mol. The lowest BCUT2D eigenvalue weighted by atomic mass is 10.1. The van der Waals surface area contributed by atoms with E-state index in [4.69, 9.17) is 9.26 Å². The van der Waals surface area contributed by atoms with E-state index in [0.717, 1.165) is 34.2 Å². The first-order chi connectivity index (χ1) is 12.1. The fourth-order valence-electron chi connectivity index (χ4n) is 2.91. The summed E-state index contributed by atoms with van der Waals surface area (Å²) in [6.07, 6.45) is 0. The van der Waals surface area contributed by atoms with Crippen LogP contribution in [-0.2, 0) is 20.1 Å². The zero-order valence-corrected chi connectivity index (χ0v) is 15.1. The number of methoxy groups -OCH3 is 1. The summed E-state index contributed by atoms with van der Waals surface area (Å²) in [5.74, 6) is 1.92. The van der Waals surface area contributed by atoms with Crippen LogP contribution in [0.4, 0.5) is 0 Å². The van der Waals surface area contributed by atoms with Gasteiger partial charge in [0.2, 0.25) is 5.88 Å². The lowest BCUT2D eigenvalue weighted by Crippen LogP contribution is -2.14. The summed E-state index contributed by atoms with van der Waals surface area (Å²) in [7, 11) is 3.57. The van der Waals surface area contributed by atoms with Gasteiger partial charge in [-0.3, -0.25) is 0 Å². The van der Waals surface area contributed by atoms with Gasteiger partial charge in [0.15, 0.2) is 5.76 Å². The molecule has 0 amide bonds. The minimum atomic E-state index is 0.335. The molecular formula is C19H24N4O2. The maximum absolute atomic E-state index is 5.50. The number of hydrogen-bond donors (Lipinski definition) is 1. The van der Waals surface area contributed by atoms with Crippen LogP contribution in [0, 0.1) is 0 Å². The van der Waals surface area contributed by atoms with Crippen molar-refractivity contribution in [3.8, 4) is 17.1 Å². The van der Waals surface area contributed by atoms with Crippen LogP contribution in [0.3, 0.4) is 0 Å². The fraction of sp³-hybridized carbons (Fsp3) is 0.368. The molecule has 1 N–H and O–H groups in total. The molecule has 0 unspecified atom stereocenters. The Morgan fingerprint density at radius 3 is 2.64 bits per heavy atom. The minimum absolute atomic E-state index is 0.335. The van der Waals surface area contributed by atoms with Crippen LogP contribution in [0.2, 0.25) is 0 Å². The molecule has 0 spiro atoms. The van der Waals surface area contributed by atoms with E-state index in [1.165, 1.54) is 0 Å². The molecule has 0 aliphatic rings. The first-order valence-corrected chi connectivity index (χ1v) is 8.41. The van der Waals surface area contributed by atoms with Crippen LogP contribution < -0.4 is 10.1 Å². The summed E-state index contributed by atoms with van der Waals surface area (Å²) in [5, 5.41) is 12.1. The standard InChI is InChI=1S/C19H24N4O2/c1-13(2)18-16(19(24-4)23(3)21-18)12-20-11-15-10-17(22-25-15)14-8-6-5-7-9-14/h5-10,13,20H,11-12H2,1-4H3. The molecule has 0 aliphatic heterocycles. The van der Waals surface area contributed by atoms with E-state index in [0.29, 0.717) is 19.0 Å². The smallest absolute Gasteiger partial charge is 0.216 e. The van der Waals surface area contributed by atoms with Crippen LogP contribution in [0.1, 0.15) is 36.8 Å². The number of ether oxygens (including phenoxy) is 1. The average molecular weight is 340 g/mol. The molecule has 3 rings (SSSR count). The summed E-state index contributed by atoms with van der Waals surface area (Å²) >= 11 is 0. The lowest BCUT2D eigenvalue weighted by molar-refractivity contribution is 0.362. The highest BCUT2D eigenvalue weighted by molar-refractivity contribution is 5.58. The molecule has 3 aromatic rings. The molecule has 0 saturated heterocycles. The Morgan fingerprint density at radius 1 is 1.20 bits per heavy atom. The van der Waals surface area contributed by atoms with Crippen molar-refractivity contribution < 1.29 is 9.26 Å². The zero-order valence-electron chi connectivity index (χ0n) is 15.1. The topological polar surface area (TPSA) is 65.1 Å². The van der Waals surface area contributed by atoms with E-state index in [2.05, 4.69) is 29.4 Å². The molecule has 0 atom stereocenters. The van der Waals surface area contributed by atoms with Crippen molar-refractivity contribution in [2.75, 3.05) is 7.11 Å². The molecule has 1 aromatic carbocycles. The summed E-state index contributed by atoms with van der Waals surface area (Å²) in [4.78, 5) is 0. The highest BCUT2D eigenvalue weighted by Crippen LogP contribution is 2.27. The van der Waals surface area contributed by atoms with Gasteiger partial charge in [0, 0.05) is 25.2 Å². The van der Waals surface area contributed by atoms with Crippen molar-refractivity contribution in [3.05, 3.63) is 53.4 Å². The minimum Gasteiger partial charge on any atom is -0.481 e. The summed E-state index contributed by atoms with van der Waals surface area (Å²) in [6, 6.07) is 12.0. The predicted octanol–water partition coefficient (Wildman–Crippen LogP) is 3.50. The molecular weight excluding hydrogens is 316 g/mol. The van der Waals surface area contributed by atoms with Gasteiger partial charge in [0.05, 0.1) is 24.9 Å². The fourth-order valence-corrected chi connectivity index (χ4v) is 2.91. The number of aromatic nitrogens is 3. The van der Waals surface area contributed by atoms with Gasteiger partial charge >= 0.3 is 0 Å². The molecule has 0 fully saturated rings. The van der Waals surface area contributed by atoms with E-state index in [1.54, 1.807) is 11.8 Å². The number of nitrogens with one attached hydrogen (secondary N) is 1. The Morgan fingerprint density at radius 2 is 1.96 bits per heavy atom. The summed E-state index contributed by atoms with van der Waals surface area (Å²) in [6.45, 7) is 5.52. The lowest BCUT2D eigenvalue weighted by Gasteiger charge is -2.08. The highest BCUT2D eigenvalue weighted by atomic mass is 16.5. The van der Waals surface area contributed by atoms with E-state index in [-0.39, 0.29) is 0 Å². The number of aryl methyl sites for hydroxylation is 1. The second-order valence-electron chi connectivity index (χ2n) is 6.30. The maximum Gasteiger partial charge on any atom is 0.216 e. The zero-order chi connectivity index (χ0) is 17.8. The van der Waals surface area contributed by atoms with Gasteiger partial charge in [0.1, 0.15) is 5.69 Å². The van der Waals surface area contributed by atoms with Crippen LogP contribution in [0.5, 0.6) is 5.88 Å². The predicted molar refractivity (Wildman–Crippen MR) is 96.3 cm³/mol. The van der Waals surface area contributed by atoms with E-state index >= 15 is 0 Å². The molecule has 6 heteroatoms. The second kappa shape index (κ2) is 7.53. The molecule has 6 nitrogen and oxygen atoms in total. The summed E-state index contributed by atoms with van der Waals surface area (Å²) in [5.41, 5.74) is 4.03. The average Bonchev–Trinajstić information content (AvgIpc) is 3.20. The van der Waals surface area contributed by atoms with Crippen molar-refractivity contribution in [2.24, 2.45) is 7.05 Å². The van der Waals surface area contributed by atoms with Crippen molar-refractivity contribution in [3.63, 3.8) is 0 Å². The van der Waals surface area contributed by atoms with Crippen LogP contribution >= 0.6 is 0 Å². The van der Waals surface area contributed by atoms with Gasteiger partial charge in [-0.25, -0.2) is 4.68 Å². The van der Waals surface area contributed by atoms with Crippen LogP contribution in [0.15, 0.2) is 40.9 Å². The van der Waals surface area contributed by atoms with Gasteiger partial charge < -0.3 is 14.6 Å². The van der Waals surface area contributed by atoms with Crippen molar-refractivity contribution in [1.82, 2.24) is 20.3 Å². The van der Waals surface area contributed by atoms with Gasteiger partial charge in [-0.05, 0) is 5.92 Å². The first kappa shape index (κ1) is 17.2. The van der Waals surface area contributed by atoms with Crippen LogP contribution in [-0.4, -0.2) is 22.0 Å². The number of hydrogen-bond acceptors (Lipinski definition) is 5. The highest BCUT2D eigenvalue weighted by Gasteiger charge is 2.19. The van der Waals surface area contributed by atoms with Gasteiger partial charge in [0.25, 0.3) is 0 Å². The van der Waals surface area contributed by atoms with Crippen molar-refractivity contribution in [2.45, 2.75) is 32.9 Å². The molecule has 0 radical (unpaired) electrons. The Kier molecular flexibility index (Phi) is 5.19. The Bertz CT molecular complexity index is 821. The quantitative estimate of drug-likeness (QED) is 0.713. The molecule has 25 heavy (non-hydrogen) atoms. The van der Waals surface area contributed by atoms with Gasteiger partial charge in [-0.1, -0.05) is 49.3 Å². The first-order valence-electron chi connectivity index (χ1n) is 8.41. The maximum atomic E-state index is 5.50. The van der Waals surface area contributed by atoms with Gasteiger partial charge in [-0.15, -0.1) is 0 Å². The SMILES string of the molecule is COc1c(CNCc2cc(-c3ccccc3)no2)c(C(C)C)nn1C. The Balaban J connectivity index is 1.67. The molecule has 0 bridgehead atoms. The van der Waals surface area contributed by atoms with Crippen LogP contribution in [0.25, 0.3) is 11.3 Å². The van der Waals surface area contributed by atoms with E-state index < -0.39 is 0 Å². The molecule has 2 heterocycles. The van der Waals surface area contributed by atoms with Gasteiger partial charge in [-0.2, -0.15) is 5.10 Å². The largest absolute Gasteiger partial charge is 0.481 e. The van der Waals surface area contributed by atoms with Crippen molar-refractivity contribution >= 4 is 0 Å². The third-order valence-corrected chi connectivity index (χ3v) is 4.09. The Labute approximate surface area is 147 Å². The Hall–Kier alpha value is -2.60. The third kappa shape index (κ3) is 3.74. The van der Waals surface area contributed by atoms with E-state index in [9.17, 15) is 0 Å². The molecule has 0 aliphatic carbocycles. The third-order valence-electron chi connectivity index (χ3n) is 4.09. The normalized spacial score (nSPS) is 11.2. The molecule has 132 valence electrons. The summed E-state index contributed by atoms with van der Waals surface area (Å²) < 4.78 is 12.7. The number of benzene rings is 1. The molecule has 2 aromatic heterocycles. The van der Waals surface area contributed by atoms with E-state index in [1.807, 2.05) is 43.4 Å². The number of nitrogens with zero attached hydrogens (tertiary/aromatic N) is 3. The van der Waals surface area contributed by atoms with Crippen molar-refractivity contribution in [1.29, 1.82) is 0 Å².